The number of nitrogens with one attached hydrogen (secondary N) is 1. The fourth-order valence-electron chi connectivity index (χ4n) is 4.15. The van der Waals surface area contributed by atoms with Gasteiger partial charge in [0.2, 0.25) is 0 Å². The first-order valence-electron chi connectivity index (χ1n) is 8.68. The van der Waals surface area contributed by atoms with Crippen LogP contribution in [0.4, 0.5) is 5.69 Å². The Balaban J connectivity index is 1.82. The predicted octanol–water partition coefficient (Wildman–Crippen LogP) is 5.43. The molecular weight excluding hydrogens is 334 g/mol. The number of carbonyl (C=O) groups is 1. The molecule has 0 aromatic heterocycles. The average Bonchev–Trinajstić information content (AvgIpc) is 3.11. The van der Waals surface area contributed by atoms with Gasteiger partial charge in [0.1, 0.15) is 0 Å². The Morgan fingerprint density at radius 1 is 1.24 bits per heavy atom. The van der Waals surface area contributed by atoms with Crippen LogP contribution in [0.2, 0.25) is 5.02 Å². The lowest BCUT2D eigenvalue weighted by molar-refractivity contribution is 0.0695. The summed E-state index contributed by atoms with van der Waals surface area (Å²) in [4.78, 5) is 11.7. The third kappa shape index (κ3) is 2.63. The second-order valence-electron chi connectivity index (χ2n) is 6.76. The minimum Gasteiger partial charge on any atom is -0.478 e. The Labute approximate surface area is 152 Å². The van der Waals surface area contributed by atoms with E-state index in [9.17, 15) is 9.90 Å². The second-order valence-corrected chi connectivity index (χ2v) is 7.17. The summed E-state index contributed by atoms with van der Waals surface area (Å²) in [6.45, 7) is 2.15. The summed E-state index contributed by atoms with van der Waals surface area (Å²) in [5.74, 6) is -0.520. The molecule has 25 heavy (non-hydrogen) atoms. The van der Waals surface area contributed by atoms with Crippen molar-refractivity contribution >= 4 is 23.3 Å². The van der Waals surface area contributed by atoms with Crippen molar-refractivity contribution < 1.29 is 9.90 Å². The molecule has 2 N–H and O–H groups in total. The Bertz CT molecular complexity index is 857. The van der Waals surface area contributed by atoms with Crippen LogP contribution >= 0.6 is 11.6 Å². The van der Waals surface area contributed by atoms with Gasteiger partial charge in [-0.2, -0.15) is 0 Å². The van der Waals surface area contributed by atoms with Crippen LogP contribution in [0, 0.1) is 5.92 Å². The largest absolute Gasteiger partial charge is 0.478 e. The molecule has 0 radical (unpaired) electrons. The first kappa shape index (κ1) is 16.2. The van der Waals surface area contributed by atoms with Gasteiger partial charge in [-0.25, -0.2) is 4.79 Å². The fourth-order valence-corrected chi connectivity index (χ4v) is 4.37. The maximum absolute atomic E-state index is 11.7. The van der Waals surface area contributed by atoms with Crippen LogP contribution in [0.15, 0.2) is 48.6 Å². The standard InChI is InChI=1S/C21H20ClNO2/c1-2-12-6-8-13(9-7-12)19-15-5-3-4-14(15)18-16(21(24)25)10-11-17(22)20(18)23-19/h3-4,6-11,14-15,19,23H,2,5H2,1H3,(H,24,25)/t14-,15+,19-/m0/s1. The SMILES string of the molecule is CCc1ccc([C@@H]2Nc3c(Cl)ccc(C(=O)O)c3[C@H]3C=CC[C@H]32)cc1. The topological polar surface area (TPSA) is 49.3 Å². The molecule has 0 bridgehead atoms. The number of rotatable bonds is 3. The maximum atomic E-state index is 11.7. The quantitative estimate of drug-likeness (QED) is 0.723. The molecule has 1 heterocycles. The number of carboxylic acid groups (broad SMARTS) is 1. The molecule has 0 spiro atoms. The lowest BCUT2D eigenvalue weighted by atomic mass is 9.75. The van der Waals surface area contributed by atoms with Crippen LogP contribution in [0.1, 0.15) is 52.4 Å². The molecular formula is C21H20ClNO2. The van der Waals surface area contributed by atoms with Crippen molar-refractivity contribution in [3.05, 3.63) is 75.8 Å². The normalized spacial score (nSPS) is 23.7. The molecule has 3 atom stereocenters. The molecule has 2 aromatic rings. The summed E-state index contributed by atoms with van der Waals surface area (Å²) in [7, 11) is 0. The summed E-state index contributed by atoms with van der Waals surface area (Å²) in [5.41, 5.74) is 4.46. The number of benzene rings is 2. The Hall–Kier alpha value is -2.26. The van der Waals surface area contributed by atoms with Crippen LogP contribution in [0.5, 0.6) is 0 Å². The number of halogens is 1. The van der Waals surface area contributed by atoms with E-state index in [1.807, 2.05) is 0 Å². The molecule has 0 fully saturated rings. The fraction of sp³-hybridized carbons (Fsp3) is 0.286. The molecule has 4 heteroatoms. The minimum absolute atomic E-state index is 0.0805. The summed E-state index contributed by atoms with van der Waals surface area (Å²) < 4.78 is 0. The minimum atomic E-state index is -0.903. The van der Waals surface area contributed by atoms with Crippen LogP contribution in [-0.2, 0) is 6.42 Å². The molecule has 0 unspecified atom stereocenters. The van der Waals surface area contributed by atoms with Gasteiger partial charge in [-0.1, -0.05) is 54.9 Å². The van der Waals surface area contributed by atoms with E-state index in [2.05, 4.69) is 48.7 Å². The zero-order valence-electron chi connectivity index (χ0n) is 14.0. The third-order valence-corrected chi connectivity index (χ3v) is 5.76. The molecule has 0 saturated heterocycles. The molecule has 0 saturated carbocycles. The number of hydrogen-bond acceptors (Lipinski definition) is 2. The van der Waals surface area contributed by atoms with Crippen LogP contribution in [0.3, 0.4) is 0 Å². The maximum Gasteiger partial charge on any atom is 0.336 e. The Morgan fingerprint density at radius 3 is 2.68 bits per heavy atom. The Morgan fingerprint density at radius 2 is 2.00 bits per heavy atom. The van der Waals surface area contributed by atoms with E-state index in [4.69, 9.17) is 11.6 Å². The number of aromatic carboxylic acids is 1. The summed E-state index contributed by atoms with van der Waals surface area (Å²) >= 11 is 6.43. The molecule has 0 amide bonds. The van der Waals surface area contributed by atoms with Gasteiger partial charge in [-0.05, 0) is 47.6 Å². The lowest BCUT2D eigenvalue weighted by Gasteiger charge is -2.38. The molecule has 128 valence electrons. The van der Waals surface area contributed by atoms with E-state index in [-0.39, 0.29) is 12.0 Å². The van der Waals surface area contributed by atoms with E-state index in [0.717, 1.165) is 24.1 Å². The van der Waals surface area contributed by atoms with Crippen LogP contribution < -0.4 is 5.32 Å². The summed E-state index contributed by atoms with van der Waals surface area (Å²) in [5, 5.41) is 13.7. The molecule has 3 nitrogen and oxygen atoms in total. The second kappa shape index (κ2) is 6.23. The number of hydrogen-bond donors (Lipinski definition) is 2. The number of aryl methyl sites for hydroxylation is 1. The lowest BCUT2D eigenvalue weighted by Crippen LogP contribution is -2.30. The van der Waals surface area contributed by atoms with Crippen molar-refractivity contribution in [2.75, 3.05) is 5.32 Å². The number of anilines is 1. The van der Waals surface area contributed by atoms with Gasteiger partial charge in [-0.3, -0.25) is 0 Å². The highest BCUT2D eigenvalue weighted by Gasteiger charge is 2.40. The molecule has 1 aliphatic heterocycles. The highest BCUT2D eigenvalue weighted by molar-refractivity contribution is 6.33. The number of fused-ring (bicyclic) bond motifs is 3. The van der Waals surface area contributed by atoms with E-state index >= 15 is 0 Å². The van der Waals surface area contributed by atoms with Crippen molar-refractivity contribution in [1.29, 1.82) is 0 Å². The van der Waals surface area contributed by atoms with Crippen molar-refractivity contribution in [3.63, 3.8) is 0 Å². The average molecular weight is 354 g/mol. The number of carboxylic acids is 1. The Kier molecular flexibility index (Phi) is 4.04. The van der Waals surface area contributed by atoms with Gasteiger partial charge in [0.05, 0.1) is 22.3 Å². The third-order valence-electron chi connectivity index (χ3n) is 5.45. The molecule has 4 rings (SSSR count). The zero-order valence-corrected chi connectivity index (χ0v) is 14.8. The monoisotopic (exact) mass is 353 g/mol. The summed E-state index contributed by atoms with van der Waals surface area (Å²) in [6.07, 6.45) is 6.25. The number of allylic oxidation sites excluding steroid dienone is 2. The van der Waals surface area contributed by atoms with E-state index in [0.29, 0.717) is 16.5 Å². The first-order valence-corrected chi connectivity index (χ1v) is 9.05. The molecule has 2 aliphatic rings. The highest BCUT2D eigenvalue weighted by Crippen LogP contribution is 2.52. The van der Waals surface area contributed by atoms with Gasteiger partial charge in [0.25, 0.3) is 0 Å². The van der Waals surface area contributed by atoms with Gasteiger partial charge >= 0.3 is 5.97 Å². The van der Waals surface area contributed by atoms with E-state index < -0.39 is 5.97 Å². The van der Waals surface area contributed by atoms with Crippen molar-refractivity contribution in [1.82, 2.24) is 0 Å². The highest BCUT2D eigenvalue weighted by atomic mass is 35.5. The van der Waals surface area contributed by atoms with Crippen LogP contribution in [0.25, 0.3) is 0 Å². The van der Waals surface area contributed by atoms with E-state index in [1.165, 1.54) is 11.1 Å². The van der Waals surface area contributed by atoms with Gasteiger partial charge in [-0.15, -0.1) is 0 Å². The van der Waals surface area contributed by atoms with Crippen molar-refractivity contribution in [2.45, 2.75) is 31.7 Å². The van der Waals surface area contributed by atoms with Gasteiger partial charge < -0.3 is 10.4 Å². The van der Waals surface area contributed by atoms with Crippen molar-refractivity contribution in [3.8, 4) is 0 Å². The van der Waals surface area contributed by atoms with Gasteiger partial charge in [0.15, 0.2) is 0 Å². The molecule has 2 aromatic carbocycles. The summed E-state index contributed by atoms with van der Waals surface area (Å²) in [6, 6.07) is 12.1. The smallest absolute Gasteiger partial charge is 0.336 e. The van der Waals surface area contributed by atoms with E-state index in [1.54, 1.807) is 12.1 Å². The predicted molar refractivity (Wildman–Crippen MR) is 101 cm³/mol. The molecule has 1 aliphatic carbocycles. The zero-order chi connectivity index (χ0) is 17.6. The van der Waals surface area contributed by atoms with Gasteiger partial charge in [0, 0.05) is 5.92 Å². The van der Waals surface area contributed by atoms with Crippen LogP contribution in [-0.4, -0.2) is 11.1 Å². The van der Waals surface area contributed by atoms with Crippen molar-refractivity contribution in [2.24, 2.45) is 5.92 Å². The first-order chi connectivity index (χ1) is 12.1.